The van der Waals surface area contributed by atoms with Crippen LogP contribution in [0.2, 0.25) is 0 Å². The third-order valence-electron chi connectivity index (χ3n) is 3.13. The van der Waals surface area contributed by atoms with Crippen LogP contribution in [0.3, 0.4) is 0 Å². The molecule has 1 unspecified atom stereocenters. The molecule has 0 aromatic carbocycles. The molecule has 1 heterocycles. The lowest BCUT2D eigenvalue weighted by Gasteiger charge is -2.18. The lowest BCUT2D eigenvalue weighted by Crippen LogP contribution is -2.38. The fraction of sp³-hybridized carbons (Fsp3) is 0.875. The minimum Gasteiger partial charge on any atom is -0.377 e. The van der Waals surface area contributed by atoms with Gasteiger partial charge in [-0.2, -0.15) is 0 Å². The van der Waals surface area contributed by atoms with E-state index in [0.29, 0.717) is 79.2 Å². The van der Waals surface area contributed by atoms with Gasteiger partial charge in [0.15, 0.2) is 0 Å². The molecule has 0 radical (unpaired) electrons. The van der Waals surface area contributed by atoms with E-state index < -0.39 is 0 Å². The van der Waals surface area contributed by atoms with Crippen LogP contribution in [0.1, 0.15) is 0 Å². The van der Waals surface area contributed by atoms with E-state index in [0.717, 1.165) is 0 Å². The lowest BCUT2D eigenvalue weighted by molar-refractivity contribution is -0.120. The summed E-state index contributed by atoms with van der Waals surface area (Å²) in [4.78, 5) is 14.7. The van der Waals surface area contributed by atoms with Gasteiger partial charge in [-0.15, -0.1) is 0 Å². The highest BCUT2D eigenvalue weighted by molar-refractivity contribution is 5.79. The third-order valence-corrected chi connectivity index (χ3v) is 3.13. The molecule has 0 bridgehead atoms. The second-order valence-corrected chi connectivity index (χ2v) is 5.16. The van der Waals surface area contributed by atoms with Gasteiger partial charge in [0.25, 0.3) is 6.57 Å². The average molecular weight is 361 g/mol. The summed E-state index contributed by atoms with van der Waals surface area (Å²) in [5.41, 5.74) is 0. The molecular formula is C16H29N2O7+. The quantitative estimate of drug-likeness (QED) is 0.728. The van der Waals surface area contributed by atoms with Gasteiger partial charge in [-0.3, -0.25) is 4.79 Å². The molecule has 1 aliphatic rings. The van der Waals surface area contributed by atoms with E-state index in [9.17, 15) is 4.79 Å². The fourth-order valence-corrected chi connectivity index (χ4v) is 1.90. The number of nitrogens with zero attached hydrogens (tertiary/aromatic N) is 1. The Morgan fingerprint density at radius 1 is 0.840 bits per heavy atom. The van der Waals surface area contributed by atoms with E-state index in [1.165, 1.54) is 0 Å². The largest absolute Gasteiger partial charge is 0.377 e. The Bertz CT molecular complexity index is 358. The van der Waals surface area contributed by atoms with E-state index >= 15 is 0 Å². The molecule has 9 nitrogen and oxygen atoms in total. The van der Waals surface area contributed by atoms with Crippen LogP contribution in [0.5, 0.6) is 0 Å². The first-order chi connectivity index (χ1) is 12.3. The topological polar surface area (TPSA) is 88.8 Å². The van der Waals surface area contributed by atoms with Crippen molar-refractivity contribution in [2.24, 2.45) is 0 Å². The van der Waals surface area contributed by atoms with Crippen LogP contribution in [0, 0.1) is 6.57 Å². The lowest BCUT2D eigenvalue weighted by atomic mass is 10.3. The first-order valence-electron chi connectivity index (χ1n) is 8.46. The zero-order valence-corrected chi connectivity index (χ0v) is 14.7. The molecule has 1 saturated heterocycles. The molecule has 0 saturated carbocycles. The molecule has 1 fully saturated rings. The molecule has 1 N–H and O–H groups in total. The van der Waals surface area contributed by atoms with Crippen LogP contribution >= 0.6 is 0 Å². The van der Waals surface area contributed by atoms with Gasteiger partial charge in [-0.05, 0) is 0 Å². The minimum atomic E-state index is -0.288. The van der Waals surface area contributed by atoms with E-state index in [1.807, 2.05) is 0 Å². The zero-order chi connectivity index (χ0) is 18.0. The average Bonchev–Trinajstić information content (AvgIpc) is 2.61. The minimum absolute atomic E-state index is 0.0768. The van der Waals surface area contributed by atoms with Crippen LogP contribution in [-0.4, -0.2) is 97.8 Å². The number of amides is 1. The molecule has 1 rings (SSSR count). The first-order valence-corrected chi connectivity index (χ1v) is 8.46. The standard InChI is InChI=1S/C16H28N2O7/c1-17-13-16(19)18-12-15-14-24-9-8-22-5-4-20-2-3-21-6-7-23-10-11-25-15/h1,15H,2-14H2/p+1. The van der Waals surface area contributed by atoms with Gasteiger partial charge >= 0.3 is 12.5 Å². The van der Waals surface area contributed by atoms with Gasteiger partial charge in [0.05, 0.1) is 78.8 Å². The summed E-state index contributed by atoms with van der Waals surface area (Å²) in [6, 6.07) is 0. The second kappa shape index (κ2) is 16.2. The maximum Gasteiger partial charge on any atom is 0.339 e. The van der Waals surface area contributed by atoms with E-state index in [2.05, 4.69) is 10.2 Å². The van der Waals surface area contributed by atoms with Crippen molar-refractivity contribution in [2.45, 2.75) is 6.10 Å². The van der Waals surface area contributed by atoms with Gasteiger partial charge in [0, 0.05) is 6.54 Å². The number of rotatable bonds is 3. The number of carbonyl (C=O) groups is 1. The summed E-state index contributed by atoms with van der Waals surface area (Å²) in [6.45, 7) is 10.4. The van der Waals surface area contributed by atoms with Crippen LogP contribution < -0.4 is 5.32 Å². The molecule has 25 heavy (non-hydrogen) atoms. The molecule has 1 amide bonds. The van der Waals surface area contributed by atoms with Gasteiger partial charge in [0.2, 0.25) is 0 Å². The van der Waals surface area contributed by atoms with E-state index in [4.69, 9.17) is 35.0 Å². The molecule has 0 aliphatic carbocycles. The summed E-state index contributed by atoms with van der Waals surface area (Å²) in [5, 5.41) is 2.70. The second-order valence-electron chi connectivity index (χ2n) is 5.16. The number of nitrogens with one attached hydrogen (secondary N) is 1. The van der Waals surface area contributed by atoms with Gasteiger partial charge < -0.3 is 33.7 Å². The molecule has 144 valence electrons. The highest BCUT2D eigenvalue weighted by atomic mass is 16.6. The monoisotopic (exact) mass is 361 g/mol. The van der Waals surface area contributed by atoms with Crippen molar-refractivity contribution in [1.29, 1.82) is 0 Å². The molecule has 1 atom stereocenters. The maximum atomic E-state index is 11.4. The smallest absolute Gasteiger partial charge is 0.339 e. The Labute approximate surface area is 148 Å². The maximum absolute atomic E-state index is 11.4. The Hall–Kier alpha value is -1.28. The van der Waals surface area contributed by atoms with Crippen molar-refractivity contribution in [3.63, 3.8) is 0 Å². The molecular weight excluding hydrogens is 332 g/mol. The van der Waals surface area contributed by atoms with Gasteiger partial charge in [-0.1, -0.05) is 4.85 Å². The number of hydrogen-bond donors (Lipinski definition) is 1. The predicted octanol–water partition coefficient (Wildman–Crippen LogP) is -0.453. The van der Waals surface area contributed by atoms with Crippen molar-refractivity contribution >= 4 is 5.91 Å². The number of hydrogen-bond acceptors (Lipinski definition) is 7. The summed E-state index contributed by atoms with van der Waals surface area (Å²) < 4.78 is 32.8. The molecule has 1 aliphatic heterocycles. The van der Waals surface area contributed by atoms with Crippen molar-refractivity contribution in [3.8, 4) is 6.57 Å². The Morgan fingerprint density at radius 3 is 1.84 bits per heavy atom. The Kier molecular flexibility index (Phi) is 14.1. The van der Waals surface area contributed by atoms with Crippen molar-refractivity contribution in [3.05, 3.63) is 4.85 Å². The highest BCUT2D eigenvalue weighted by Gasteiger charge is 2.13. The Morgan fingerprint density at radius 2 is 1.32 bits per heavy atom. The van der Waals surface area contributed by atoms with Crippen LogP contribution in [0.15, 0.2) is 0 Å². The highest BCUT2D eigenvalue weighted by Crippen LogP contribution is 1.95. The van der Waals surface area contributed by atoms with Crippen molar-refractivity contribution in [2.75, 3.05) is 85.8 Å². The normalized spacial score (nSPS) is 22.9. The van der Waals surface area contributed by atoms with Gasteiger partial charge in [0.1, 0.15) is 0 Å². The molecule has 0 aromatic rings. The van der Waals surface area contributed by atoms with E-state index in [1.54, 1.807) is 0 Å². The summed E-state index contributed by atoms with van der Waals surface area (Å²) >= 11 is 0. The summed E-state index contributed by atoms with van der Waals surface area (Å²) in [7, 11) is 0. The van der Waals surface area contributed by atoms with Crippen molar-refractivity contribution in [1.82, 2.24) is 5.32 Å². The van der Waals surface area contributed by atoms with Crippen molar-refractivity contribution < 1.29 is 33.2 Å². The third kappa shape index (κ3) is 13.7. The summed E-state index contributed by atoms with van der Waals surface area (Å²) in [6.07, 6.45) is -0.288. The number of carbonyl (C=O) groups excluding carboxylic acids is 1. The zero-order valence-electron chi connectivity index (χ0n) is 14.7. The molecule has 9 heteroatoms. The predicted molar refractivity (Wildman–Crippen MR) is 90.0 cm³/mol. The summed E-state index contributed by atoms with van der Waals surface area (Å²) in [5.74, 6) is -0.262. The van der Waals surface area contributed by atoms with Gasteiger partial charge in [-0.25, -0.2) is 0 Å². The first kappa shape index (κ1) is 21.8. The fourth-order valence-electron chi connectivity index (χ4n) is 1.90. The number of ether oxygens (including phenoxy) is 6. The molecule has 0 aromatic heterocycles. The molecule has 0 spiro atoms. The van der Waals surface area contributed by atoms with E-state index in [-0.39, 0.29) is 18.6 Å². The van der Waals surface area contributed by atoms with Crippen LogP contribution in [0.4, 0.5) is 0 Å². The SMILES string of the molecule is C#[N+]CC(=O)NCC1COCCOCCOCCOCCOCCO1. The van der Waals surface area contributed by atoms with Crippen LogP contribution in [0.25, 0.3) is 4.85 Å². The Balaban J connectivity index is 2.29. The van der Waals surface area contributed by atoms with Crippen LogP contribution in [-0.2, 0) is 33.2 Å².